The summed E-state index contributed by atoms with van der Waals surface area (Å²) >= 11 is 0. The lowest BCUT2D eigenvalue weighted by Crippen LogP contribution is -2.49. The third kappa shape index (κ3) is 4.41. The molecule has 1 saturated heterocycles. The second kappa shape index (κ2) is 6.56. The summed E-state index contributed by atoms with van der Waals surface area (Å²) in [4.78, 5) is 12.8. The van der Waals surface area contributed by atoms with E-state index < -0.39 is 0 Å². The zero-order chi connectivity index (χ0) is 19.3. The Kier molecular flexibility index (Phi) is 5.45. The molecule has 1 saturated carbocycles. The van der Waals surface area contributed by atoms with Gasteiger partial charge in [0, 0.05) is 11.0 Å². The van der Waals surface area contributed by atoms with Crippen LogP contribution in [-0.4, -0.2) is 29.8 Å². The van der Waals surface area contributed by atoms with E-state index in [9.17, 15) is 4.79 Å². The number of amides is 1. The van der Waals surface area contributed by atoms with Crippen LogP contribution in [0.25, 0.3) is 0 Å². The molecule has 1 heterocycles. The van der Waals surface area contributed by atoms with Gasteiger partial charge >= 0.3 is 7.12 Å². The molecule has 3 unspecified atom stereocenters. The molecule has 0 aromatic rings. The first-order valence-corrected chi connectivity index (χ1v) is 9.84. The van der Waals surface area contributed by atoms with Gasteiger partial charge in [0.05, 0.1) is 11.2 Å². The van der Waals surface area contributed by atoms with Gasteiger partial charge in [-0.2, -0.15) is 0 Å². The molecule has 2 aliphatic rings. The molecular weight excluding hydrogens is 313 g/mol. The second-order valence-electron chi connectivity index (χ2n) is 10.6. The highest BCUT2D eigenvalue weighted by Gasteiger charge is 2.52. The first-order valence-electron chi connectivity index (χ1n) is 9.84. The van der Waals surface area contributed by atoms with Crippen molar-refractivity contribution >= 4 is 13.0 Å². The van der Waals surface area contributed by atoms with Crippen molar-refractivity contribution in [2.24, 2.45) is 17.3 Å². The van der Waals surface area contributed by atoms with Crippen molar-refractivity contribution < 1.29 is 14.1 Å². The number of carbonyl (C=O) groups is 1. The van der Waals surface area contributed by atoms with Crippen LogP contribution in [-0.2, 0) is 14.1 Å². The number of nitrogens with one attached hydrogen (secondary N) is 1. The molecule has 1 aliphatic heterocycles. The standard InChI is InChI=1S/C20H38BNO3/c1-14-12-15(13-20(14,9)16(23)22-17(2,3)4)10-11-21-24-18(5,6)19(7,8)25-21/h14-15H,10-13H2,1-9H3,(H,22,23). The molecule has 1 aliphatic carbocycles. The predicted octanol–water partition coefficient (Wildman–Crippen LogP) is 4.44. The van der Waals surface area contributed by atoms with E-state index in [2.05, 4.69) is 46.9 Å². The number of rotatable bonds is 4. The fourth-order valence-corrected chi connectivity index (χ4v) is 4.12. The van der Waals surface area contributed by atoms with E-state index in [0.29, 0.717) is 11.8 Å². The van der Waals surface area contributed by atoms with Crippen LogP contribution in [0, 0.1) is 17.3 Å². The van der Waals surface area contributed by atoms with Gasteiger partial charge in [0.15, 0.2) is 0 Å². The third-order valence-electron chi connectivity index (χ3n) is 6.61. The zero-order valence-electron chi connectivity index (χ0n) is 17.8. The van der Waals surface area contributed by atoms with Gasteiger partial charge in [0.2, 0.25) is 5.91 Å². The highest BCUT2D eigenvalue weighted by atomic mass is 16.7. The maximum absolute atomic E-state index is 12.8. The molecule has 4 nitrogen and oxygen atoms in total. The van der Waals surface area contributed by atoms with Gasteiger partial charge in [0.25, 0.3) is 0 Å². The van der Waals surface area contributed by atoms with Crippen LogP contribution in [0.2, 0.25) is 6.32 Å². The molecule has 0 spiro atoms. The summed E-state index contributed by atoms with van der Waals surface area (Å²) in [7, 11) is -0.129. The van der Waals surface area contributed by atoms with Crippen molar-refractivity contribution in [3.8, 4) is 0 Å². The van der Waals surface area contributed by atoms with Crippen molar-refractivity contribution in [3.05, 3.63) is 0 Å². The van der Waals surface area contributed by atoms with Crippen LogP contribution in [0.3, 0.4) is 0 Å². The quantitative estimate of drug-likeness (QED) is 0.762. The fraction of sp³-hybridized carbons (Fsp3) is 0.950. The van der Waals surface area contributed by atoms with Gasteiger partial charge in [-0.25, -0.2) is 0 Å². The normalized spacial score (nSPS) is 34.4. The maximum atomic E-state index is 12.8. The van der Waals surface area contributed by atoms with E-state index in [1.54, 1.807) is 0 Å². The summed E-state index contributed by atoms with van der Waals surface area (Å²) in [5, 5.41) is 3.18. The number of carbonyl (C=O) groups excluding carboxylic acids is 1. The second-order valence-corrected chi connectivity index (χ2v) is 10.6. The van der Waals surface area contributed by atoms with Crippen molar-refractivity contribution in [1.29, 1.82) is 0 Å². The highest BCUT2D eigenvalue weighted by Crippen LogP contribution is 2.49. The van der Waals surface area contributed by atoms with Crippen LogP contribution >= 0.6 is 0 Å². The molecule has 144 valence electrons. The Bertz CT molecular complexity index is 496. The zero-order valence-corrected chi connectivity index (χ0v) is 17.8. The monoisotopic (exact) mass is 351 g/mol. The Labute approximate surface area is 154 Å². The summed E-state index contributed by atoms with van der Waals surface area (Å²) in [5.74, 6) is 1.16. The summed E-state index contributed by atoms with van der Waals surface area (Å²) in [6, 6.07) is 0. The summed E-state index contributed by atoms with van der Waals surface area (Å²) in [5.41, 5.74) is -0.974. The minimum Gasteiger partial charge on any atom is -0.403 e. The Balaban J connectivity index is 1.91. The van der Waals surface area contributed by atoms with E-state index in [-0.39, 0.29) is 35.2 Å². The molecular formula is C20H38BNO3. The molecule has 0 bridgehead atoms. The molecule has 0 aromatic carbocycles. The number of hydrogen-bond donors (Lipinski definition) is 1. The smallest absolute Gasteiger partial charge is 0.403 e. The largest absolute Gasteiger partial charge is 0.457 e. The van der Waals surface area contributed by atoms with E-state index >= 15 is 0 Å². The SMILES string of the molecule is CC1CC(CCB2OC(C)(C)C(C)(C)O2)CC1(C)C(=O)NC(C)(C)C. The van der Waals surface area contributed by atoms with Crippen molar-refractivity contribution in [2.75, 3.05) is 0 Å². The Morgan fingerprint density at radius 1 is 1.12 bits per heavy atom. The Morgan fingerprint density at radius 3 is 2.12 bits per heavy atom. The lowest BCUT2D eigenvalue weighted by Gasteiger charge is -2.32. The molecule has 3 atom stereocenters. The van der Waals surface area contributed by atoms with Gasteiger partial charge in [-0.15, -0.1) is 0 Å². The van der Waals surface area contributed by atoms with Gasteiger partial charge in [-0.1, -0.05) is 20.3 Å². The van der Waals surface area contributed by atoms with Gasteiger partial charge in [0.1, 0.15) is 0 Å². The summed E-state index contributed by atoms with van der Waals surface area (Å²) in [6.07, 6.45) is 4.02. The van der Waals surface area contributed by atoms with Crippen molar-refractivity contribution in [2.45, 2.75) is 105 Å². The molecule has 5 heteroatoms. The van der Waals surface area contributed by atoms with Crippen LogP contribution in [0.15, 0.2) is 0 Å². The fourth-order valence-electron chi connectivity index (χ4n) is 4.12. The van der Waals surface area contributed by atoms with Crippen LogP contribution in [0.5, 0.6) is 0 Å². The number of hydrogen-bond acceptors (Lipinski definition) is 3. The predicted molar refractivity (Wildman–Crippen MR) is 103 cm³/mol. The van der Waals surface area contributed by atoms with E-state index in [1.165, 1.54) is 0 Å². The first-order chi connectivity index (χ1) is 11.2. The van der Waals surface area contributed by atoms with E-state index in [0.717, 1.165) is 25.6 Å². The average Bonchev–Trinajstić information content (AvgIpc) is 2.80. The van der Waals surface area contributed by atoms with E-state index in [1.807, 2.05) is 20.8 Å². The molecule has 25 heavy (non-hydrogen) atoms. The minimum atomic E-state index is -0.270. The molecule has 2 rings (SSSR count). The lowest BCUT2D eigenvalue weighted by molar-refractivity contribution is -0.133. The Morgan fingerprint density at radius 2 is 1.64 bits per heavy atom. The van der Waals surface area contributed by atoms with E-state index in [4.69, 9.17) is 9.31 Å². The van der Waals surface area contributed by atoms with Crippen LogP contribution in [0.1, 0.15) is 81.6 Å². The topological polar surface area (TPSA) is 47.6 Å². The molecule has 0 aromatic heterocycles. The summed E-state index contributed by atoms with van der Waals surface area (Å²) in [6.45, 7) is 18.9. The first kappa shape index (κ1) is 20.8. The van der Waals surface area contributed by atoms with Crippen LogP contribution < -0.4 is 5.32 Å². The van der Waals surface area contributed by atoms with Crippen molar-refractivity contribution in [3.63, 3.8) is 0 Å². The lowest BCUT2D eigenvalue weighted by atomic mass is 9.77. The molecule has 0 radical (unpaired) electrons. The average molecular weight is 351 g/mol. The summed E-state index contributed by atoms with van der Waals surface area (Å²) < 4.78 is 12.2. The molecule has 2 fully saturated rings. The van der Waals surface area contributed by atoms with Crippen molar-refractivity contribution in [1.82, 2.24) is 5.32 Å². The molecule has 1 N–H and O–H groups in total. The van der Waals surface area contributed by atoms with Gasteiger partial charge < -0.3 is 14.6 Å². The molecule has 1 amide bonds. The van der Waals surface area contributed by atoms with Gasteiger partial charge in [-0.3, -0.25) is 4.79 Å². The minimum absolute atomic E-state index is 0.129. The maximum Gasteiger partial charge on any atom is 0.457 e. The Hall–Kier alpha value is -0.545. The van der Waals surface area contributed by atoms with Crippen LogP contribution in [0.4, 0.5) is 0 Å². The highest BCUT2D eigenvalue weighted by molar-refractivity contribution is 6.45. The van der Waals surface area contributed by atoms with Gasteiger partial charge in [-0.05, 0) is 79.5 Å². The third-order valence-corrected chi connectivity index (χ3v) is 6.61.